The van der Waals surface area contributed by atoms with Gasteiger partial charge in [0.2, 0.25) is 0 Å². The molecule has 1 heterocycles. The number of ether oxygens (including phenoxy) is 2. The smallest absolute Gasteiger partial charge is 0.326 e. The Labute approximate surface area is 122 Å². The Hall–Kier alpha value is -1.92. The minimum atomic E-state index is -1.15. The number of carbonyl (C=O) groups excluding carboxylic acids is 2. The van der Waals surface area contributed by atoms with Crippen LogP contribution in [-0.4, -0.2) is 41.9 Å². The van der Waals surface area contributed by atoms with Crippen molar-refractivity contribution in [2.75, 3.05) is 6.61 Å². The zero-order valence-corrected chi connectivity index (χ0v) is 11.8. The van der Waals surface area contributed by atoms with E-state index in [1.165, 1.54) is 6.92 Å². The van der Waals surface area contributed by atoms with Gasteiger partial charge in [-0.1, -0.05) is 30.3 Å². The first kappa shape index (κ1) is 15.5. The third-order valence-corrected chi connectivity index (χ3v) is 3.50. The summed E-state index contributed by atoms with van der Waals surface area (Å²) in [5, 5.41) is 10.3. The van der Waals surface area contributed by atoms with Crippen LogP contribution in [0.25, 0.3) is 0 Å². The summed E-state index contributed by atoms with van der Waals surface area (Å²) in [5.74, 6) is -2.07. The molecule has 114 valence electrons. The second-order valence-corrected chi connectivity index (χ2v) is 5.17. The number of nitrogens with two attached hydrogens (primary N) is 1. The standard InChI is InChI=1S/C15H19NO5/c1-9-13(17)11(7-10-5-3-2-4-6-10)14(18)20-8-12(16)15(19)21-9/h2-6,9,11-13,17H,7-8,16H2,1H3/t9-,11+,12-,13-/m0/s1. The zero-order valence-electron chi connectivity index (χ0n) is 11.8. The minimum Gasteiger partial charge on any atom is -0.463 e. The molecule has 1 saturated heterocycles. The lowest BCUT2D eigenvalue weighted by Crippen LogP contribution is -2.41. The van der Waals surface area contributed by atoms with Gasteiger partial charge in [-0.05, 0) is 18.9 Å². The molecule has 1 fully saturated rings. The van der Waals surface area contributed by atoms with E-state index in [1.54, 1.807) is 0 Å². The molecule has 3 N–H and O–H groups in total. The maximum absolute atomic E-state index is 12.1. The van der Waals surface area contributed by atoms with Crippen LogP contribution in [0.5, 0.6) is 0 Å². The molecule has 1 aromatic rings. The van der Waals surface area contributed by atoms with Crippen molar-refractivity contribution in [3.63, 3.8) is 0 Å². The lowest BCUT2D eigenvalue weighted by atomic mass is 9.91. The van der Waals surface area contributed by atoms with Crippen molar-refractivity contribution in [1.29, 1.82) is 0 Å². The van der Waals surface area contributed by atoms with Crippen LogP contribution < -0.4 is 5.73 Å². The van der Waals surface area contributed by atoms with Gasteiger partial charge in [0.05, 0.1) is 5.92 Å². The van der Waals surface area contributed by atoms with Gasteiger partial charge in [-0.15, -0.1) is 0 Å². The molecule has 0 unspecified atom stereocenters. The lowest BCUT2D eigenvalue weighted by Gasteiger charge is -2.24. The van der Waals surface area contributed by atoms with Crippen LogP contribution in [-0.2, 0) is 25.5 Å². The molecule has 21 heavy (non-hydrogen) atoms. The number of aliphatic hydroxyl groups excluding tert-OH is 1. The highest BCUT2D eigenvalue weighted by atomic mass is 16.6. The average Bonchev–Trinajstić information content (AvgIpc) is 2.51. The first-order valence-electron chi connectivity index (χ1n) is 6.83. The second-order valence-electron chi connectivity index (χ2n) is 5.17. The van der Waals surface area contributed by atoms with Crippen molar-refractivity contribution in [1.82, 2.24) is 0 Å². The van der Waals surface area contributed by atoms with E-state index in [2.05, 4.69) is 0 Å². The fraction of sp³-hybridized carbons (Fsp3) is 0.467. The summed E-state index contributed by atoms with van der Waals surface area (Å²) < 4.78 is 10.1. The molecule has 0 bridgehead atoms. The maximum atomic E-state index is 12.1. The van der Waals surface area contributed by atoms with Gasteiger partial charge in [0, 0.05) is 0 Å². The molecule has 6 nitrogen and oxygen atoms in total. The molecule has 2 rings (SSSR count). The van der Waals surface area contributed by atoms with Crippen LogP contribution >= 0.6 is 0 Å². The Morgan fingerprint density at radius 3 is 2.57 bits per heavy atom. The van der Waals surface area contributed by atoms with Crippen molar-refractivity contribution < 1.29 is 24.2 Å². The van der Waals surface area contributed by atoms with Crippen molar-refractivity contribution in [3.8, 4) is 0 Å². The molecular formula is C15H19NO5. The van der Waals surface area contributed by atoms with E-state index in [9.17, 15) is 14.7 Å². The van der Waals surface area contributed by atoms with Gasteiger partial charge < -0.3 is 20.3 Å². The Balaban J connectivity index is 2.20. The monoisotopic (exact) mass is 293 g/mol. The highest BCUT2D eigenvalue weighted by molar-refractivity contribution is 5.78. The molecule has 0 aromatic heterocycles. The summed E-state index contributed by atoms with van der Waals surface area (Å²) in [6.07, 6.45) is -1.67. The third kappa shape index (κ3) is 3.80. The number of hydrogen-bond acceptors (Lipinski definition) is 6. The molecule has 0 spiro atoms. The van der Waals surface area contributed by atoms with Gasteiger partial charge in [-0.3, -0.25) is 9.59 Å². The summed E-state index contributed by atoms with van der Waals surface area (Å²) in [5.41, 5.74) is 6.44. The van der Waals surface area contributed by atoms with Crippen molar-refractivity contribution in [2.45, 2.75) is 31.6 Å². The van der Waals surface area contributed by atoms with Gasteiger partial charge in [-0.25, -0.2) is 0 Å². The highest BCUT2D eigenvalue weighted by Crippen LogP contribution is 2.20. The summed E-state index contributed by atoms with van der Waals surface area (Å²) in [6, 6.07) is 8.25. The molecule has 0 amide bonds. The maximum Gasteiger partial charge on any atom is 0.326 e. The van der Waals surface area contributed by atoms with E-state index >= 15 is 0 Å². The Morgan fingerprint density at radius 2 is 1.90 bits per heavy atom. The molecule has 4 atom stereocenters. The summed E-state index contributed by atoms with van der Waals surface area (Å²) in [7, 11) is 0. The van der Waals surface area contributed by atoms with Gasteiger partial charge in [0.1, 0.15) is 24.9 Å². The zero-order chi connectivity index (χ0) is 15.4. The minimum absolute atomic E-state index is 0.248. The average molecular weight is 293 g/mol. The van der Waals surface area contributed by atoms with Gasteiger partial charge in [0.25, 0.3) is 0 Å². The number of carbonyl (C=O) groups is 2. The SMILES string of the molecule is C[C@@H]1OC(=O)[C@@H](N)COC(=O)[C@H](Cc2ccccc2)[C@H]1O. The quantitative estimate of drug-likeness (QED) is 0.746. The molecule has 0 saturated carbocycles. The normalized spacial score (nSPS) is 30.6. The number of hydrogen-bond donors (Lipinski definition) is 2. The number of aliphatic hydroxyl groups is 1. The van der Waals surface area contributed by atoms with Crippen LogP contribution in [0.1, 0.15) is 12.5 Å². The van der Waals surface area contributed by atoms with E-state index in [1.807, 2.05) is 30.3 Å². The Bertz CT molecular complexity index is 504. The van der Waals surface area contributed by atoms with Gasteiger partial charge in [0.15, 0.2) is 0 Å². The summed E-state index contributed by atoms with van der Waals surface area (Å²) in [6.45, 7) is 1.29. The molecular weight excluding hydrogens is 274 g/mol. The van der Waals surface area contributed by atoms with Crippen molar-refractivity contribution >= 4 is 11.9 Å². The molecule has 6 heteroatoms. The first-order valence-corrected chi connectivity index (χ1v) is 6.83. The van der Waals surface area contributed by atoms with E-state index in [0.717, 1.165) is 5.56 Å². The fourth-order valence-corrected chi connectivity index (χ4v) is 2.23. The Kier molecular flexibility index (Phi) is 4.93. The Morgan fingerprint density at radius 1 is 1.24 bits per heavy atom. The van der Waals surface area contributed by atoms with E-state index < -0.39 is 36.1 Å². The topological polar surface area (TPSA) is 98.9 Å². The fourth-order valence-electron chi connectivity index (χ4n) is 2.23. The molecule has 0 radical (unpaired) electrons. The van der Waals surface area contributed by atoms with E-state index in [-0.39, 0.29) is 6.61 Å². The van der Waals surface area contributed by atoms with Gasteiger partial charge >= 0.3 is 11.9 Å². The predicted octanol–water partition coefficient (Wildman–Crippen LogP) is 0.0220. The molecule has 1 aliphatic heterocycles. The second kappa shape index (κ2) is 6.69. The highest BCUT2D eigenvalue weighted by Gasteiger charge is 2.37. The number of esters is 2. The largest absolute Gasteiger partial charge is 0.463 e. The van der Waals surface area contributed by atoms with E-state index in [4.69, 9.17) is 15.2 Å². The van der Waals surface area contributed by atoms with Crippen molar-refractivity contribution in [2.24, 2.45) is 11.7 Å². The number of rotatable bonds is 2. The number of cyclic esters (lactones) is 2. The first-order chi connectivity index (χ1) is 9.99. The van der Waals surface area contributed by atoms with Crippen LogP contribution in [0, 0.1) is 5.92 Å². The molecule has 0 aliphatic carbocycles. The van der Waals surface area contributed by atoms with E-state index in [0.29, 0.717) is 6.42 Å². The van der Waals surface area contributed by atoms with Crippen molar-refractivity contribution in [3.05, 3.63) is 35.9 Å². The van der Waals surface area contributed by atoms with Crippen LogP contribution in [0.2, 0.25) is 0 Å². The third-order valence-electron chi connectivity index (χ3n) is 3.50. The lowest BCUT2D eigenvalue weighted by molar-refractivity contribution is -0.158. The van der Waals surface area contributed by atoms with Gasteiger partial charge in [-0.2, -0.15) is 0 Å². The van der Waals surface area contributed by atoms with Crippen LogP contribution in [0.3, 0.4) is 0 Å². The summed E-state index contributed by atoms with van der Waals surface area (Å²) >= 11 is 0. The molecule has 1 aromatic carbocycles. The van der Waals surface area contributed by atoms with Crippen LogP contribution in [0.4, 0.5) is 0 Å². The number of benzene rings is 1. The van der Waals surface area contributed by atoms with Crippen LogP contribution in [0.15, 0.2) is 30.3 Å². The predicted molar refractivity (Wildman–Crippen MR) is 74.1 cm³/mol. The summed E-state index contributed by atoms with van der Waals surface area (Å²) in [4.78, 5) is 23.7. The molecule has 1 aliphatic rings.